The van der Waals surface area contributed by atoms with Gasteiger partial charge in [0.25, 0.3) is 0 Å². The molecule has 1 aliphatic heterocycles. The van der Waals surface area contributed by atoms with E-state index in [-0.39, 0.29) is 27.8 Å². The van der Waals surface area contributed by atoms with Crippen molar-refractivity contribution < 1.29 is 14.5 Å². The summed E-state index contributed by atoms with van der Waals surface area (Å²) in [5.41, 5.74) is 6.07. The zero-order valence-electron chi connectivity index (χ0n) is 11.2. The highest BCUT2D eigenvalue weighted by atomic mass is 32.1. The third kappa shape index (κ3) is 2.51. The van der Waals surface area contributed by atoms with Crippen molar-refractivity contribution in [2.75, 3.05) is 0 Å². The molecule has 21 heavy (non-hydrogen) atoms. The Morgan fingerprint density at radius 2 is 2.24 bits per heavy atom. The van der Waals surface area contributed by atoms with Crippen molar-refractivity contribution in [2.24, 2.45) is 5.73 Å². The third-order valence-corrected chi connectivity index (χ3v) is 4.16. The molecule has 0 saturated heterocycles. The van der Waals surface area contributed by atoms with Crippen LogP contribution in [-0.4, -0.2) is 10.7 Å². The number of hydrogen-bond acceptors (Lipinski definition) is 7. The summed E-state index contributed by atoms with van der Waals surface area (Å²) in [5.74, 6) is -0.769. The minimum atomic E-state index is -0.722. The zero-order valence-corrected chi connectivity index (χ0v) is 12.1. The van der Waals surface area contributed by atoms with Crippen LogP contribution in [0.4, 0.5) is 5.00 Å². The summed E-state index contributed by atoms with van der Waals surface area (Å²) in [5, 5.41) is 20.0. The summed E-state index contributed by atoms with van der Waals surface area (Å²) >= 11 is 0.910. The van der Waals surface area contributed by atoms with Gasteiger partial charge in [-0.1, -0.05) is 11.3 Å². The average Bonchev–Trinajstić information content (AvgIpc) is 2.86. The van der Waals surface area contributed by atoms with Crippen LogP contribution in [0.1, 0.15) is 24.6 Å². The molecule has 0 amide bonds. The summed E-state index contributed by atoms with van der Waals surface area (Å²) < 4.78 is 5.23. The second-order valence-corrected chi connectivity index (χ2v) is 5.48. The summed E-state index contributed by atoms with van der Waals surface area (Å²) in [6.07, 6.45) is 0. The number of carbonyl (C=O) groups is 1. The van der Waals surface area contributed by atoms with E-state index in [1.165, 1.54) is 19.1 Å². The van der Waals surface area contributed by atoms with Crippen LogP contribution in [0, 0.1) is 21.4 Å². The van der Waals surface area contributed by atoms with Crippen LogP contribution in [0.25, 0.3) is 0 Å². The molecule has 0 aromatic carbocycles. The van der Waals surface area contributed by atoms with Gasteiger partial charge in [-0.3, -0.25) is 14.9 Å². The van der Waals surface area contributed by atoms with E-state index in [4.69, 9.17) is 10.5 Å². The number of hydrogen-bond donors (Lipinski definition) is 1. The number of nitrogens with two attached hydrogens (primary N) is 1. The first kappa shape index (κ1) is 14.7. The Hall–Kier alpha value is -2.66. The van der Waals surface area contributed by atoms with E-state index < -0.39 is 10.8 Å². The normalized spacial score (nSPS) is 18.2. The molecule has 1 aliphatic rings. The molecule has 0 unspecified atom stereocenters. The van der Waals surface area contributed by atoms with Crippen molar-refractivity contribution >= 4 is 22.1 Å². The molecule has 2 heterocycles. The maximum atomic E-state index is 11.9. The standard InChI is InChI=1S/C13H11N3O4S/c1-6(17)11-7(2)20-13(15)8(5-14)12(11)9-3-4-10(21-9)16(18)19/h3-4,12H,15H2,1-2H3/t12-/m0/s1. The highest BCUT2D eigenvalue weighted by Crippen LogP contribution is 2.43. The molecule has 0 spiro atoms. The minimum Gasteiger partial charge on any atom is -0.445 e. The third-order valence-electron chi connectivity index (χ3n) is 3.06. The van der Waals surface area contributed by atoms with Crippen molar-refractivity contribution in [3.8, 4) is 6.07 Å². The number of carbonyl (C=O) groups excluding carboxylic acids is 1. The maximum Gasteiger partial charge on any atom is 0.324 e. The molecule has 0 saturated carbocycles. The van der Waals surface area contributed by atoms with Crippen molar-refractivity contribution in [2.45, 2.75) is 19.8 Å². The van der Waals surface area contributed by atoms with Crippen molar-refractivity contribution in [1.29, 1.82) is 5.26 Å². The molecule has 0 fully saturated rings. The monoisotopic (exact) mass is 305 g/mol. The largest absolute Gasteiger partial charge is 0.445 e. The molecule has 1 atom stereocenters. The van der Waals surface area contributed by atoms with Gasteiger partial charge in [0, 0.05) is 16.5 Å². The molecule has 1 aromatic rings. The van der Waals surface area contributed by atoms with Crippen LogP contribution in [-0.2, 0) is 9.53 Å². The van der Waals surface area contributed by atoms with Gasteiger partial charge in [0.1, 0.15) is 17.4 Å². The van der Waals surface area contributed by atoms with Gasteiger partial charge in [0.05, 0.1) is 10.8 Å². The Kier molecular flexibility index (Phi) is 3.78. The summed E-state index contributed by atoms with van der Waals surface area (Å²) in [4.78, 5) is 22.7. The fourth-order valence-corrected chi connectivity index (χ4v) is 3.16. The number of ketones is 1. The summed E-state index contributed by atoms with van der Waals surface area (Å²) in [6, 6.07) is 4.79. The van der Waals surface area contributed by atoms with Gasteiger partial charge < -0.3 is 10.5 Å². The molecule has 8 heteroatoms. The van der Waals surface area contributed by atoms with E-state index in [1.54, 1.807) is 6.92 Å². The van der Waals surface area contributed by atoms with Crippen molar-refractivity contribution in [3.63, 3.8) is 0 Å². The smallest absolute Gasteiger partial charge is 0.324 e. The van der Waals surface area contributed by atoms with E-state index in [1.807, 2.05) is 6.07 Å². The van der Waals surface area contributed by atoms with E-state index in [9.17, 15) is 20.2 Å². The Morgan fingerprint density at radius 1 is 1.57 bits per heavy atom. The molecule has 2 N–H and O–H groups in total. The lowest BCUT2D eigenvalue weighted by Gasteiger charge is -2.25. The fraction of sp³-hybridized carbons (Fsp3) is 0.231. The summed E-state index contributed by atoms with van der Waals surface area (Å²) in [6.45, 7) is 2.93. The van der Waals surface area contributed by atoms with Crippen LogP contribution in [0.15, 0.2) is 34.9 Å². The predicted octanol–water partition coefficient (Wildman–Crippen LogP) is 2.33. The minimum absolute atomic E-state index is 0.0621. The van der Waals surface area contributed by atoms with Crippen LogP contribution in [0.5, 0.6) is 0 Å². The number of ether oxygens (including phenoxy) is 1. The van der Waals surface area contributed by atoms with Crippen molar-refractivity contribution in [1.82, 2.24) is 0 Å². The predicted molar refractivity (Wildman–Crippen MR) is 75.0 cm³/mol. The number of thiophene rings is 1. The molecule has 2 rings (SSSR count). The first-order valence-corrected chi connectivity index (χ1v) is 6.71. The van der Waals surface area contributed by atoms with Gasteiger partial charge >= 0.3 is 5.00 Å². The van der Waals surface area contributed by atoms with Crippen molar-refractivity contribution in [3.05, 3.63) is 49.9 Å². The molecular weight excluding hydrogens is 294 g/mol. The van der Waals surface area contributed by atoms with Crippen LogP contribution in [0.3, 0.4) is 0 Å². The quantitative estimate of drug-likeness (QED) is 0.676. The lowest BCUT2D eigenvalue weighted by atomic mass is 9.86. The molecule has 1 aromatic heterocycles. The van der Waals surface area contributed by atoms with Gasteiger partial charge in [0.2, 0.25) is 5.88 Å². The van der Waals surface area contributed by atoms with E-state index >= 15 is 0 Å². The van der Waals surface area contributed by atoms with Crippen LogP contribution in [0.2, 0.25) is 0 Å². The second kappa shape index (κ2) is 5.38. The SMILES string of the molecule is CC(=O)C1=C(C)OC(N)=C(C#N)[C@H]1c1ccc([N+](=O)[O-])s1. The van der Waals surface area contributed by atoms with E-state index in [2.05, 4.69) is 0 Å². The summed E-state index contributed by atoms with van der Waals surface area (Å²) in [7, 11) is 0. The molecule has 0 aliphatic carbocycles. The number of nitriles is 1. The van der Waals surface area contributed by atoms with Gasteiger partial charge in [0.15, 0.2) is 5.78 Å². The molecule has 7 nitrogen and oxygen atoms in total. The lowest BCUT2D eigenvalue weighted by molar-refractivity contribution is -0.380. The molecule has 0 bridgehead atoms. The van der Waals surface area contributed by atoms with E-state index in [0.29, 0.717) is 10.6 Å². The highest BCUT2D eigenvalue weighted by Gasteiger charge is 2.35. The zero-order chi connectivity index (χ0) is 15.7. The first-order chi connectivity index (χ1) is 9.86. The number of Topliss-reactive ketones (excluding diaryl/α,β-unsaturated/α-hetero) is 1. The molecule has 0 radical (unpaired) electrons. The van der Waals surface area contributed by atoms with E-state index in [0.717, 1.165) is 11.3 Å². The van der Waals surface area contributed by atoms with Gasteiger partial charge in [-0.05, 0) is 19.9 Å². The number of allylic oxidation sites excluding steroid dienone is 3. The Morgan fingerprint density at radius 3 is 2.71 bits per heavy atom. The number of nitrogens with zero attached hydrogens (tertiary/aromatic N) is 2. The second-order valence-electron chi connectivity index (χ2n) is 4.38. The van der Waals surface area contributed by atoms with Gasteiger partial charge in [-0.15, -0.1) is 0 Å². The topological polar surface area (TPSA) is 119 Å². The number of nitro groups is 1. The molecule has 108 valence electrons. The first-order valence-electron chi connectivity index (χ1n) is 5.90. The lowest BCUT2D eigenvalue weighted by Crippen LogP contribution is -2.22. The molecular formula is C13H11N3O4S. The maximum absolute atomic E-state index is 11.9. The Labute approximate surface area is 124 Å². The highest BCUT2D eigenvalue weighted by molar-refractivity contribution is 7.15. The van der Waals surface area contributed by atoms with Crippen LogP contribution < -0.4 is 5.73 Å². The van der Waals surface area contributed by atoms with Gasteiger partial charge in [-0.25, -0.2) is 0 Å². The van der Waals surface area contributed by atoms with Crippen LogP contribution >= 0.6 is 11.3 Å². The number of rotatable bonds is 3. The Bertz CT molecular complexity index is 739. The average molecular weight is 305 g/mol. The fourth-order valence-electron chi connectivity index (χ4n) is 2.22. The Balaban J connectivity index is 2.62. The van der Waals surface area contributed by atoms with Gasteiger partial charge in [-0.2, -0.15) is 5.26 Å².